The fraction of sp³-hybridized carbons (Fsp3) is 0.292. The lowest BCUT2D eigenvalue weighted by Crippen LogP contribution is -2.51. The van der Waals surface area contributed by atoms with Crippen molar-refractivity contribution < 1.29 is 14.4 Å². The molecule has 4 rings (SSSR count). The number of piperazine rings is 1. The summed E-state index contributed by atoms with van der Waals surface area (Å²) in [5.74, 6) is -0.603. The summed E-state index contributed by atoms with van der Waals surface area (Å²) >= 11 is 1.60. The number of carbonyl (C=O) groups is 3. The Hall–Kier alpha value is -3.43. The van der Waals surface area contributed by atoms with Crippen molar-refractivity contribution >= 4 is 34.7 Å². The summed E-state index contributed by atoms with van der Waals surface area (Å²) in [5.41, 5.74) is 7.85. The molecule has 33 heavy (non-hydrogen) atoms. The number of nitrogens with zero attached hydrogens (tertiary/aromatic N) is 3. The second-order valence-corrected chi connectivity index (χ2v) is 9.07. The first-order chi connectivity index (χ1) is 15.9. The van der Waals surface area contributed by atoms with Gasteiger partial charge in [0.25, 0.3) is 5.91 Å². The Labute approximate surface area is 196 Å². The van der Waals surface area contributed by atoms with E-state index < -0.39 is 5.91 Å². The number of Topliss-reactive ketones (excluding diaryl/α,β-unsaturated/α-hetero) is 1. The number of hydrogen-bond acceptors (Lipinski definition) is 5. The van der Waals surface area contributed by atoms with Gasteiger partial charge in [0.15, 0.2) is 5.78 Å². The van der Waals surface area contributed by atoms with Gasteiger partial charge in [-0.25, -0.2) is 4.79 Å². The van der Waals surface area contributed by atoms with Crippen molar-refractivity contribution in [3.8, 4) is 0 Å². The Morgan fingerprint density at radius 1 is 1.03 bits per heavy atom. The van der Waals surface area contributed by atoms with Gasteiger partial charge in [0.05, 0.1) is 24.3 Å². The normalized spacial score (nSPS) is 14.3. The number of carbonyl (C=O) groups excluding carboxylic acids is 3. The number of amides is 3. The third kappa shape index (κ3) is 5.32. The highest BCUT2D eigenvalue weighted by Gasteiger charge is 2.26. The van der Waals surface area contributed by atoms with E-state index in [0.29, 0.717) is 49.7 Å². The van der Waals surface area contributed by atoms with Gasteiger partial charge in [-0.2, -0.15) is 0 Å². The van der Waals surface area contributed by atoms with Crippen LogP contribution in [0.5, 0.6) is 0 Å². The van der Waals surface area contributed by atoms with Gasteiger partial charge in [0.1, 0.15) is 0 Å². The zero-order chi connectivity index (χ0) is 23.4. The number of aromatic nitrogens is 1. The molecule has 1 aliphatic heterocycles. The number of para-hydroxylation sites is 1. The number of primary amides is 1. The van der Waals surface area contributed by atoms with Crippen LogP contribution in [0.1, 0.15) is 31.4 Å². The highest BCUT2D eigenvalue weighted by Crippen LogP contribution is 2.21. The third-order valence-electron chi connectivity index (χ3n) is 5.86. The SMILES string of the molecule is Cc1c(C(N)=O)cc(C(=O)CN2CCN(C(=O)Nc3ccccc3)CC2)n1Cc1cccs1. The molecule has 0 spiro atoms. The number of ketones is 1. The minimum atomic E-state index is -0.537. The van der Waals surface area contributed by atoms with Crippen molar-refractivity contribution in [3.05, 3.63) is 75.7 Å². The van der Waals surface area contributed by atoms with Gasteiger partial charge in [-0.15, -0.1) is 11.3 Å². The molecular weight excluding hydrogens is 438 g/mol. The minimum absolute atomic E-state index is 0.0654. The Balaban J connectivity index is 1.39. The van der Waals surface area contributed by atoms with E-state index in [1.807, 2.05) is 64.2 Å². The molecule has 0 aliphatic carbocycles. The predicted molar refractivity (Wildman–Crippen MR) is 129 cm³/mol. The summed E-state index contributed by atoms with van der Waals surface area (Å²) in [5, 5.41) is 4.88. The van der Waals surface area contributed by atoms with Gasteiger partial charge >= 0.3 is 6.03 Å². The number of nitrogens with two attached hydrogens (primary N) is 1. The molecule has 1 aromatic carbocycles. The molecule has 0 unspecified atom stereocenters. The van der Waals surface area contributed by atoms with Crippen molar-refractivity contribution in [1.82, 2.24) is 14.4 Å². The van der Waals surface area contributed by atoms with Gasteiger partial charge in [-0.05, 0) is 36.6 Å². The largest absolute Gasteiger partial charge is 0.366 e. The minimum Gasteiger partial charge on any atom is -0.366 e. The molecule has 1 aliphatic rings. The van der Waals surface area contributed by atoms with Crippen LogP contribution in [0.2, 0.25) is 0 Å². The highest BCUT2D eigenvalue weighted by molar-refractivity contribution is 7.09. The summed E-state index contributed by atoms with van der Waals surface area (Å²) in [7, 11) is 0. The molecule has 8 nitrogen and oxygen atoms in total. The molecule has 0 bridgehead atoms. The lowest BCUT2D eigenvalue weighted by atomic mass is 10.2. The molecule has 0 radical (unpaired) electrons. The molecule has 172 valence electrons. The summed E-state index contributed by atoms with van der Waals surface area (Å²) in [6.45, 7) is 4.82. The van der Waals surface area contributed by atoms with Crippen molar-refractivity contribution in [2.24, 2.45) is 5.73 Å². The molecular formula is C24H27N5O3S. The second kappa shape index (κ2) is 10.0. The highest BCUT2D eigenvalue weighted by atomic mass is 32.1. The van der Waals surface area contributed by atoms with Crippen molar-refractivity contribution in [3.63, 3.8) is 0 Å². The summed E-state index contributed by atoms with van der Waals surface area (Å²) < 4.78 is 1.87. The summed E-state index contributed by atoms with van der Waals surface area (Å²) in [6, 6.07) is 14.8. The zero-order valence-electron chi connectivity index (χ0n) is 18.5. The Morgan fingerprint density at radius 3 is 2.39 bits per heavy atom. The molecule has 1 fully saturated rings. The van der Waals surface area contributed by atoms with E-state index in [0.717, 1.165) is 10.6 Å². The lowest BCUT2D eigenvalue weighted by molar-refractivity contribution is 0.0875. The van der Waals surface area contributed by atoms with Crippen LogP contribution in [-0.2, 0) is 6.54 Å². The van der Waals surface area contributed by atoms with E-state index in [1.54, 1.807) is 22.3 Å². The van der Waals surface area contributed by atoms with Crippen molar-refractivity contribution in [1.29, 1.82) is 0 Å². The molecule has 3 aromatic rings. The van der Waals surface area contributed by atoms with Gasteiger partial charge in [0, 0.05) is 42.4 Å². The third-order valence-corrected chi connectivity index (χ3v) is 6.72. The first-order valence-corrected chi connectivity index (χ1v) is 11.7. The van der Waals surface area contributed by atoms with Crippen LogP contribution < -0.4 is 11.1 Å². The van der Waals surface area contributed by atoms with Gasteiger partial charge in [-0.1, -0.05) is 24.3 Å². The first-order valence-electron chi connectivity index (χ1n) is 10.8. The van der Waals surface area contributed by atoms with Crippen LogP contribution in [-0.4, -0.2) is 64.8 Å². The molecule has 1 saturated heterocycles. The van der Waals surface area contributed by atoms with Crippen molar-refractivity contribution in [2.75, 3.05) is 38.0 Å². The summed E-state index contributed by atoms with van der Waals surface area (Å²) in [6.07, 6.45) is 0. The summed E-state index contributed by atoms with van der Waals surface area (Å²) in [4.78, 5) is 42.5. The van der Waals surface area contributed by atoms with Crippen LogP contribution in [0, 0.1) is 6.92 Å². The van der Waals surface area contributed by atoms with Gasteiger partial charge in [-0.3, -0.25) is 14.5 Å². The molecule has 0 atom stereocenters. The maximum atomic E-state index is 13.2. The molecule has 3 heterocycles. The average Bonchev–Trinajstić information content (AvgIpc) is 3.43. The lowest BCUT2D eigenvalue weighted by Gasteiger charge is -2.34. The number of benzene rings is 1. The van der Waals surface area contributed by atoms with Crippen molar-refractivity contribution in [2.45, 2.75) is 13.5 Å². The topological polar surface area (TPSA) is 101 Å². The van der Waals surface area contributed by atoms with Gasteiger partial charge in [0.2, 0.25) is 0 Å². The number of rotatable bonds is 7. The monoisotopic (exact) mass is 465 g/mol. The van der Waals surface area contributed by atoms with E-state index in [-0.39, 0.29) is 18.4 Å². The Kier molecular flexibility index (Phi) is 6.90. The molecule has 0 saturated carbocycles. The van der Waals surface area contributed by atoms with Gasteiger partial charge < -0.3 is 20.5 Å². The smallest absolute Gasteiger partial charge is 0.321 e. The van der Waals surface area contributed by atoms with E-state index in [1.165, 1.54) is 0 Å². The van der Waals surface area contributed by atoms with Crippen LogP contribution in [0.4, 0.5) is 10.5 Å². The average molecular weight is 466 g/mol. The van der Waals surface area contributed by atoms with E-state index in [2.05, 4.69) is 5.32 Å². The molecule has 2 aromatic heterocycles. The fourth-order valence-corrected chi connectivity index (χ4v) is 4.70. The van der Waals surface area contributed by atoms with E-state index in [4.69, 9.17) is 5.73 Å². The quantitative estimate of drug-likeness (QED) is 0.524. The molecule has 3 amide bonds. The molecule has 9 heteroatoms. The number of nitrogens with one attached hydrogen (secondary N) is 1. The van der Waals surface area contributed by atoms with Crippen LogP contribution in [0.15, 0.2) is 53.9 Å². The fourth-order valence-electron chi connectivity index (χ4n) is 4.00. The maximum absolute atomic E-state index is 13.2. The Bertz CT molecular complexity index is 1130. The second-order valence-electron chi connectivity index (χ2n) is 8.04. The van der Waals surface area contributed by atoms with E-state index >= 15 is 0 Å². The van der Waals surface area contributed by atoms with Crippen LogP contribution in [0.25, 0.3) is 0 Å². The number of hydrogen-bond donors (Lipinski definition) is 2. The maximum Gasteiger partial charge on any atom is 0.321 e. The standard InChI is InChI=1S/C24H27N5O3S/c1-17-20(23(25)31)14-21(29(17)15-19-8-5-13-33-19)22(30)16-27-9-11-28(12-10-27)24(32)26-18-6-3-2-4-7-18/h2-8,13-14H,9-12,15-16H2,1H3,(H2,25,31)(H,26,32). The predicted octanol–water partition coefficient (Wildman–Crippen LogP) is 3.04. The van der Waals surface area contributed by atoms with Crippen LogP contribution in [0.3, 0.4) is 0 Å². The number of urea groups is 1. The zero-order valence-corrected chi connectivity index (χ0v) is 19.3. The Morgan fingerprint density at radius 2 is 1.76 bits per heavy atom. The van der Waals surface area contributed by atoms with E-state index in [9.17, 15) is 14.4 Å². The number of anilines is 1. The van der Waals surface area contributed by atoms with Crippen LogP contribution >= 0.6 is 11.3 Å². The number of thiophene rings is 1. The first kappa shape index (κ1) is 22.8. The molecule has 3 N–H and O–H groups in total.